The van der Waals surface area contributed by atoms with Crippen LogP contribution in [0.2, 0.25) is 0 Å². The van der Waals surface area contributed by atoms with Crippen LogP contribution in [0.15, 0.2) is 0 Å². The average molecular weight is 320 g/mol. The summed E-state index contributed by atoms with van der Waals surface area (Å²) < 4.78 is 28.3. The van der Waals surface area contributed by atoms with Crippen molar-refractivity contribution in [1.29, 1.82) is 0 Å². The van der Waals surface area contributed by atoms with E-state index in [9.17, 15) is 18.0 Å². The van der Waals surface area contributed by atoms with Gasteiger partial charge in [0.15, 0.2) is 9.84 Å². The Morgan fingerprint density at radius 3 is 2.57 bits per heavy atom. The predicted octanol–water partition coefficient (Wildman–Crippen LogP) is -0.743. The van der Waals surface area contributed by atoms with Gasteiger partial charge in [0, 0.05) is 19.6 Å². The molecule has 2 saturated heterocycles. The quantitative estimate of drug-likeness (QED) is 0.718. The summed E-state index contributed by atoms with van der Waals surface area (Å²) in [6, 6.07) is -1.29. The molecule has 2 amide bonds. The predicted molar refractivity (Wildman–Crippen MR) is 73.7 cm³/mol. The van der Waals surface area contributed by atoms with Crippen molar-refractivity contribution in [3.8, 4) is 0 Å². The number of rotatable bonds is 2. The third-order valence-electron chi connectivity index (χ3n) is 4.08. The number of sulfone groups is 1. The highest BCUT2D eigenvalue weighted by molar-refractivity contribution is 7.91. The van der Waals surface area contributed by atoms with Gasteiger partial charge in [-0.25, -0.2) is 13.2 Å². The van der Waals surface area contributed by atoms with Crippen molar-refractivity contribution in [3.63, 3.8) is 0 Å². The Morgan fingerprint density at radius 1 is 1.33 bits per heavy atom. The topological polar surface area (TPSA) is 104 Å². The molecule has 0 radical (unpaired) electrons. The molecule has 2 aliphatic rings. The van der Waals surface area contributed by atoms with Crippen molar-refractivity contribution in [1.82, 2.24) is 9.80 Å². The normalized spacial score (nSPS) is 31.9. The minimum absolute atomic E-state index is 0.0551. The fraction of sp³-hybridized carbons (Fsp3) is 0.833. The van der Waals surface area contributed by atoms with Gasteiger partial charge in [0.25, 0.3) is 0 Å². The fourth-order valence-corrected chi connectivity index (χ4v) is 4.34. The van der Waals surface area contributed by atoms with Crippen LogP contribution in [0.3, 0.4) is 0 Å². The number of amides is 2. The molecular weight excluding hydrogens is 300 g/mol. The molecule has 2 fully saturated rings. The van der Waals surface area contributed by atoms with Crippen LogP contribution >= 0.6 is 0 Å². The number of ether oxygens (including phenoxy) is 1. The second kappa shape index (κ2) is 5.80. The van der Waals surface area contributed by atoms with Crippen LogP contribution in [0.25, 0.3) is 0 Å². The highest BCUT2D eigenvalue weighted by Gasteiger charge is 2.41. The lowest BCUT2D eigenvalue weighted by molar-refractivity contribution is -0.142. The average Bonchev–Trinajstić information content (AvgIpc) is 2.85. The van der Waals surface area contributed by atoms with E-state index in [1.165, 1.54) is 16.8 Å². The van der Waals surface area contributed by atoms with Gasteiger partial charge >= 0.3 is 12.0 Å². The fourth-order valence-electron chi connectivity index (χ4n) is 2.79. The van der Waals surface area contributed by atoms with Gasteiger partial charge in [-0.2, -0.15) is 0 Å². The number of likely N-dealkylation sites (N-methyl/N-ethyl adjacent to an activating group) is 1. The molecule has 0 saturated carbocycles. The first-order chi connectivity index (χ1) is 9.73. The number of carboxylic acids is 1. The summed E-state index contributed by atoms with van der Waals surface area (Å²) in [5.41, 5.74) is 0. The van der Waals surface area contributed by atoms with Gasteiger partial charge in [0.2, 0.25) is 0 Å². The van der Waals surface area contributed by atoms with Gasteiger partial charge in [0.05, 0.1) is 30.8 Å². The maximum Gasteiger partial charge on any atom is 0.320 e. The number of carboxylic acid groups (broad SMARTS) is 1. The Kier molecular flexibility index (Phi) is 4.43. The molecule has 3 unspecified atom stereocenters. The zero-order valence-electron chi connectivity index (χ0n) is 12.1. The number of hydrogen-bond acceptors (Lipinski definition) is 5. The van der Waals surface area contributed by atoms with Gasteiger partial charge in [-0.3, -0.25) is 4.79 Å². The number of nitrogens with zero attached hydrogens (tertiary/aromatic N) is 2. The number of aliphatic carboxylic acids is 1. The summed E-state index contributed by atoms with van der Waals surface area (Å²) in [6.45, 7) is 2.08. The molecule has 0 aromatic carbocycles. The molecule has 120 valence electrons. The Morgan fingerprint density at radius 2 is 2.00 bits per heavy atom. The molecule has 1 N–H and O–H groups in total. The van der Waals surface area contributed by atoms with Crippen molar-refractivity contribution < 1.29 is 27.9 Å². The molecule has 0 aromatic heterocycles. The lowest BCUT2D eigenvalue weighted by atomic mass is 10.0. The van der Waals surface area contributed by atoms with E-state index in [1.807, 2.05) is 0 Å². The maximum absolute atomic E-state index is 12.5. The van der Waals surface area contributed by atoms with Crippen LogP contribution in [-0.4, -0.2) is 85.7 Å². The van der Waals surface area contributed by atoms with Crippen LogP contribution in [0.5, 0.6) is 0 Å². The van der Waals surface area contributed by atoms with E-state index in [2.05, 4.69) is 0 Å². The molecule has 9 heteroatoms. The van der Waals surface area contributed by atoms with Crippen molar-refractivity contribution in [2.45, 2.75) is 19.0 Å². The third kappa shape index (κ3) is 3.29. The molecular formula is C12H20N2O6S. The molecule has 3 atom stereocenters. The van der Waals surface area contributed by atoms with Crippen LogP contribution in [-0.2, 0) is 19.4 Å². The summed E-state index contributed by atoms with van der Waals surface area (Å²) in [5.74, 6) is -1.86. The van der Waals surface area contributed by atoms with Gasteiger partial charge in [-0.15, -0.1) is 0 Å². The van der Waals surface area contributed by atoms with E-state index >= 15 is 0 Å². The van der Waals surface area contributed by atoms with E-state index in [0.717, 1.165) is 0 Å². The lowest BCUT2D eigenvalue weighted by Crippen LogP contribution is -2.56. The SMILES string of the molecule is CC1CS(=O)(=O)CCN1C(=O)N(C)C1COCC1C(=O)O. The summed E-state index contributed by atoms with van der Waals surface area (Å²) in [6.07, 6.45) is 0. The van der Waals surface area contributed by atoms with E-state index in [-0.39, 0.29) is 37.3 Å². The zero-order valence-corrected chi connectivity index (χ0v) is 12.9. The molecule has 21 heavy (non-hydrogen) atoms. The molecule has 8 nitrogen and oxygen atoms in total. The van der Waals surface area contributed by atoms with Crippen LogP contribution in [0, 0.1) is 5.92 Å². The Balaban J connectivity index is 2.07. The summed E-state index contributed by atoms with van der Waals surface area (Å²) in [7, 11) is -1.56. The second-order valence-corrected chi connectivity index (χ2v) is 7.83. The highest BCUT2D eigenvalue weighted by Crippen LogP contribution is 2.22. The van der Waals surface area contributed by atoms with Gasteiger partial charge in [0.1, 0.15) is 5.92 Å². The van der Waals surface area contributed by atoms with Gasteiger partial charge in [-0.1, -0.05) is 0 Å². The Labute approximate surface area is 123 Å². The van der Waals surface area contributed by atoms with Crippen molar-refractivity contribution in [2.75, 3.05) is 38.3 Å². The zero-order chi connectivity index (χ0) is 15.8. The number of carbonyl (C=O) groups is 2. The summed E-state index contributed by atoms with van der Waals surface area (Å²) in [5, 5.41) is 9.13. The lowest BCUT2D eigenvalue weighted by Gasteiger charge is -2.38. The van der Waals surface area contributed by atoms with Gasteiger partial charge in [-0.05, 0) is 6.92 Å². The summed E-state index contributed by atoms with van der Waals surface area (Å²) >= 11 is 0. The second-order valence-electron chi connectivity index (χ2n) is 5.60. The Hall–Kier alpha value is -1.35. The monoisotopic (exact) mass is 320 g/mol. The van der Waals surface area contributed by atoms with Crippen LogP contribution in [0.1, 0.15) is 6.92 Å². The van der Waals surface area contributed by atoms with Crippen molar-refractivity contribution >= 4 is 21.8 Å². The molecule has 2 heterocycles. The number of urea groups is 1. The largest absolute Gasteiger partial charge is 0.481 e. The van der Waals surface area contributed by atoms with E-state index < -0.39 is 33.8 Å². The van der Waals surface area contributed by atoms with E-state index in [1.54, 1.807) is 6.92 Å². The van der Waals surface area contributed by atoms with Crippen LogP contribution < -0.4 is 0 Å². The first kappa shape index (κ1) is 16.0. The van der Waals surface area contributed by atoms with Gasteiger partial charge < -0.3 is 19.6 Å². The molecule has 2 rings (SSSR count). The molecule has 0 spiro atoms. The van der Waals surface area contributed by atoms with E-state index in [0.29, 0.717) is 0 Å². The van der Waals surface area contributed by atoms with Crippen molar-refractivity contribution in [3.05, 3.63) is 0 Å². The third-order valence-corrected chi connectivity index (χ3v) is 5.88. The first-order valence-electron chi connectivity index (χ1n) is 6.77. The minimum Gasteiger partial charge on any atom is -0.481 e. The molecule has 0 bridgehead atoms. The Bertz CT molecular complexity index is 534. The number of hydrogen-bond donors (Lipinski definition) is 1. The molecule has 2 aliphatic heterocycles. The standard InChI is InChI=1S/C12H20N2O6S/c1-8-7-21(18,19)4-3-14(8)12(17)13(2)10-6-20-5-9(10)11(15)16/h8-10H,3-7H2,1-2H3,(H,15,16). The maximum atomic E-state index is 12.5. The highest BCUT2D eigenvalue weighted by atomic mass is 32.2. The van der Waals surface area contributed by atoms with Crippen LogP contribution in [0.4, 0.5) is 4.79 Å². The smallest absolute Gasteiger partial charge is 0.320 e. The van der Waals surface area contributed by atoms with E-state index in [4.69, 9.17) is 9.84 Å². The number of carbonyl (C=O) groups excluding carboxylic acids is 1. The first-order valence-corrected chi connectivity index (χ1v) is 8.59. The summed E-state index contributed by atoms with van der Waals surface area (Å²) in [4.78, 5) is 26.5. The van der Waals surface area contributed by atoms with Crippen molar-refractivity contribution in [2.24, 2.45) is 5.92 Å². The molecule has 0 aliphatic carbocycles. The minimum atomic E-state index is -3.10. The molecule has 0 aromatic rings.